The lowest BCUT2D eigenvalue weighted by Crippen LogP contribution is -2.36. The van der Waals surface area contributed by atoms with E-state index >= 15 is 0 Å². The van der Waals surface area contributed by atoms with Gasteiger partial charge in [-0.05, 0) is 47.9 Å². The van der Waals surface area contributed by atoms with Crippen LogP contribution in [0.5, 0.6) is 0 Å². The summed E-state index contributed by atoms with van der Waals surface area (Å²) in [5, 5.41) is 12.6. The number of nitrogen functional groups attached to an aromatic ring is 1. The largest absolute Gasteiger partial charge is 0.399 e. The van der Waals surface area contributed by atoms with Gasteiger partial charge in [0, 0.05) is 49.1 Å². The highest BCUT2D eigenvalue weighted by molar-refractivity contribution is 9.10. The lowest BCUT2D eigenvalue weighted by Gasteiger charge is -2.16. The average Bonchev–Trinajstić information content (AvgIpc) is 3.77. The Morgan fingerprint density at radius 2 is 1.74 bits per heavy atom. The van der Waals surface area contributed by atoms with Crippen molar-refractivity contribution in [1.82, 2.24) is 25.6 Å². The van der Waals surface area contributed by atoms with Crippen LogP contribution in [0.4, 0.5) is 10.5 Å². The number of halogens is 1. The van der Waals surface area contributed by atoms with Crippen LogP contribution < -0.4 is 16.4 Å². The normalized spacial score (nSPS) is 19.8. The zero-order valence-corrected chi connectivity index (χ0v) is 25.6. The van der Waals surface area contributed by atoms with Crippen molar-refractivity contribution >= 4 is 88.5 Å². The molecule has 4 heterocycles. The SMILES string of the molecule is Nc1ccc2c3ccccc3c3[nH]c(-c4[nH]c(C(=O)CCCCC5SCC6NC(=O)NC65)c5ccc(Br)cc45)nc3c2c1. The van der Waals surface area contributed by atoms with Crippen LogP contribution in [0.1, 0.15) is 36.2 Å². The predicted octanol–water partition coefficient (Wildman–Crippen LogP) is 7.27. The van der Waals surface area contributed by atoms with Gasteiger partial charge in [-0.2, -0.15) is 11.8 Å². The summed E-state index contributed by atoms with van der Waals surface area (Å²) in [6.45, 7) is 0. The summed E-state index contributed by atoms with van der Waals surface area (Å²) in [5.74, 6) is 1.71. The molecule has 3 atom stereocenters. The van der Waals surface area contributed by atoms with E-state index in [0.29, 0.717) is 28.9 Å². The van der Waals surface area contributed by atoms with Crippen molar-refractivity contribution in [2.45, 2.75) is 43.0 Å². The first-order valence-electron chi connectivity index (χ1n) is 14.6. The molecule has 0 saturated carbocycles. The summed E-state index contributed by atoms with van der Waals surface area (Å²) in [6.07, 6.45) is 3.17. The minimum Gasteiger partial charge on any atom is -0.399 e. The van der Waals surface area contributed by atoms with Crippen molar-refractivity contribution in [2.75, 3.05) is 11.5 Å². The van der Waals surface area contributed by atoms with Crippen LogP contribution in [0, 0.1) is 0 Å². The van der Waals surface area contributed by atoms with Gasteiger partial charge in [0.15, 0.2) is 11.6 Å². The number of carbonyl (C=O) groups is 2. The number of urea groups is 1. The number of hydrogen-bond acceptors (Lipinski definition) is 5. The summed E-state index contributed by atoms with van der Waals surface area (Å²) < 4.78 is 0.930. The van der Waals surface area contributed by atoms with E-state index in [0.717, 1.165) is 78.5 Å². The molecule has 6 N–H and O–H groups in total. The van der Waals surface area contributed by atoms with E-state index in [9.17, 15) is 9.59 Å². The summed E-state index contributed by atoms with van der Waals surface area (Å²) in [4.78, 5) is 37.5. The first-order valence-corrected chi connectivity index (χ1v) is 16.4. The number of rotatable bonds is 7. The third kappa shape index (κ3) is 4.46. The lowest BCUT2D eigenvalue weighted by atomic mass is 9.99. The Morgan fingerprint density at radius 1 is 0.930 bits per heavy atom. The zero-order valence-electron chi connectivity index (χ0n) is 23.2. The Bertz CT molecular complexity index is 2100. The lowest BCUT2D eigenvalue weighted by molar-refractivity contribution is 0.0976. The number of fused-ring (bicyclic) bond motifs is 8. The maximum Gasteiger partial charge on any atom is 0.315 e. The molecule has 2 fully saturated rings. The molecule has 4 aromatic carbocycles. The number of nitrogens with zero attached hydrogens (tertiary/aromatic N) is 1. The Morgan fingerprint density at radius 3 is 2.63 bits per heavy atom. The number of unbranched alkanes of at least 4 members (excludes halogenated alkanes) is 1. The van der Waals surface area contributed by atoms with Crippen molar-refractivity contribution in [1.29, 1.82) is 0 Å². The summed E-state index contributed by atoms with van der Waals surface area (Å²) >= 11 is 5.53. The number of carbonyl (C=O) groups excluding carboxylic acids is 2. The molecule has 2 aliphatic heterocycles. The monoisotopic (exact) mass is 652 g/mol. The third-order valence-corrected chi connectivity index (χ3v) is 10.9. The maximum absolute atomic E-state index is 13.6. The molecule has 43 heavy (non-hydrogen) atoms. The fourth-order valence-electron chi connectivity index (χ4n) is 6.82. The number of nitrogens with two attached hydrogens (primary N) is 1. The number of thioether (sulfide) groups is 1. The van der Waals surface area contributed by atoms with E-state index in [1.807, 2.05) is 54.2 Å². The third-order valence-electron chi connectivity index (χ3n) is 8.86. The first kappa shape index (κ1) is 26.6. The van der Waals surface area contributed by atoms with E-state index in [1.54, 1.807) is 0 Å². The standard InChI is InChI=1S/C33H29BrN6O2S/c34-16-9-11-21-22(13-16)30(37-27(21)25(41)7-3-4-8-26-31-24(15-43-26)36-33(42)40-31)32-38-28-20-6-2-1-5-18(20)19-12-10-17(35)14-23(19)29(28)39-32/h1-2,5-6,9-14,24,26,31,37H,3-4,7-8,15,35H2,(H,38,39)(H2,36,40,42). The van der Waals surface area contributed by atoms with E-state index in [2.05, 4.69) is 54.7 Å². The van der Waals surface area contributed by atoms with E-state index in [4.69, 9.17) is 10.7 Å². The van der Waals surface area contributed by atoms with Gasteiger partial charge in [-0.15, -0.1) is 0 Å². The molecule has 2 saturated heterocycles. The predicted molar refractivity (Wildman–Crippen MR) is 179 cm³/mol. The van der Waals surface area contributed by atoms with Gasteiger partial charge in [-0.25, -0.2) is 9.78 Å². The van der Waals surface area contributed by atoms with Gasteiger partial charge in [0.25, 0.3) is 0 Å². The molecule has 2 aliphatic rings. The molecule has 0 aliphatic carbocycles. The smallest absolute Gasteiger partial charge is 0.315 e. The van der Waals surface area contributed by atoms with Gasteiger partial charge in [0.05, 0.1) is 34.5 Å². The van der Waals surface area contributed by atoms with Gasteiger partial charge in [-0.1, -0.05) is 58.7 Å². The minimum absolute atomic E-state index is 0.0634. The molecule has 8 rings (SSSR count). The molecule has 2 aromatic heterocycles. The van der Waals surface area contributed by atoms with E-state index in [-0.39, 0.29) is 23.9 Å². The maximum atomic E-state index is 13.6. The van der Waals surface area contributed by atoms with Crippen molar-refractivity contribution in [3.8, 4) is 11.5 Å². The van der Waals surface area contributed by atoms with Crippen LogP contribution in [0.3, 0.4) is 0 Å². The number of ketones is 1. The second-order valence-electron chi connectivity index (χ2n) is 11.5. The highest BCUT2D eigenvalue weighted by atomic mass is 79.9. The first-order chi connectivity index (χ1) is 20.9. The quantitative estimate of drug-likeness (QED) is 0.0407. The van der Waals surface area contributed by atoms with Crippen LogP contribution in [0.15, 0.2) is 65.1 Å². The van der Waals surface area contributed by atoms with Gasteiger partial charge < -0.3 is 26.3 Å². The Labute approximate surface area is 259 Å². The number of benzene rings is 4. The topological polar surface area (TPSA) is 129 Å². The van der Waals surface area contributed by atoms with E-state index < -0.39 is 0 Å². The molecule has 0 spiro atoms. The average molecular weight is 654 g/mol. The Kier molecular flexibility index (Phi) is 6.38. The van der Waals surface area contributed by atoms with Crippen molar-refractivity contribution in [2.24, 2.45) is 0 Å². The number of nitrogens with one attached hydrogen (secondary N) is 4. The molecule has 0 radical (unpaired) electrons. The van der Waals surface area contributed by atoms with Gasteiger partial charge in [0.2, 0.25) is 0 Å². The molecular weight excluding hydrogens is 624 g/mol. The molecular formula is C33H29BrN6O2S. The summed E-state index contributed by atoms with van der Waals surface area (Å²) in [7, 11) is 0. The van der Waals surface area contributed by atoms with E-state index in [1.165, 1.54) is 0 Å². The molecule has 216 valence electrons. The number of imidazole rings is 1. The Hall–Kier alpha value is -4.02. The minimum atomic E-state index is -0.0634. The summed E-state index contributed by atoms with van der Waals surface area (Å²) in [5.41, 5.74) is 10.1. The van der Waals surface area contributed by atoms with Crippen LogP contribution in [0.2, 0.25) is 0 Å². The number of aromatic nitrogens is 3. The number of H-pyrrole nitrogens is 2. The van der Waals surface area contributed by atoms with Crippen molar-refractivity contribution in [3.63, 3.8) is 0 Å². The number of anilines is 1. The fraction of sp³-hybridized carbons (Fsp3) is 0.242. The van der Waals surface area contributed by atoms with Crippen LogP contribution in [-0.4, -0.2) is 49.9 Å². The van der Waals surface area contributed by atoms with Crippen LogP contribution >= 0.6 is 27.7 Å². The summed E-state index contributed by atoms with van der Waals surface area (Å²) in [6, 6.07) is 20.6. The molecule has 6 aromatic rings. The van der Waals surface area contributed by atoms with Crippen molar-refractivity contribution in [3.05, 3.63) is 70.8 Å². The highest BCUT2D eigenvalue weighted by Crippen LogP contribution is 2.39. The number of aromatic amines is 2. The fourth-order valence-corrected chi connectivity index (χ4v) is 8.72. The number of Topliss-reactive ketones (excluding diaryl/α,β-unsaturated/α-hetero) is 1. The molecule has 2 amide bonds. The molecule has 0 bridgehead atoms. The van der Waals surface area contributed by atoms with Gasteiger partial charge in [0.1, 0.15) is 0 Å². The highest BCUT2D eigenvalue weighted by Gasteiger charge is 2.42. The van der Waals surface area contributed by atoms with Crippen molar-refractivity contribution < 1.29 is 9.59 Å². The van der Waals surface area contributed by atoms with Crippen LogP contribution in [-0.2, 0) is 0 Å². The number of amides is 2. The molecule has 10 heteroatoms. The molecule has 3 unspecified atom stereocenters. The van der Waals surface area contributed by atoms with Gasteiger partial charge >= 0.3 is 6.03 Å². The number of hydrogen-bond donors (Lipinski definition) is 5. The van der Waals surface area contributed by atoms with Crippen LogP contribution in [0.25, 0.3) is 54.9 Å². The second kappa shape index (κ2) is 10.3. The second-order valence-corrected chi connectivity index (χ2v) is 13.7. The zero-order chi connectivity index (χ0) is 29.2. The Balaban J connectivity index is 1.12. The van der Waals surface area contributed by atoms with Gasteiger partial charge in [-0.3, -0.25) is 4.79 Å². The molecule has 8 nitrogen and oxygen atoms in total.